The highest BCUT2D eigenvalue weighted by Gasteiger charge is 2.03. The number of hydrogen-bond donors (Lipinski definition) is 1. The summed E-state index contributed by atoms with van der Waals surface area (Å²) in [5.74, 6) is 1.01. The molecule has 0 saturated heterocycles. The first-order valence-electron chi connectivity index (χ1n) is 3.18. The third kappa shape index (κ3) is 1.66. The van der Waals surface area contributed by atoms with Crippen LogP contribution >= 0.6 is 15.9 Å². The van der Waals surface area contributed by atoms with Crippen molar-refractivity contribution in [3.05, 3.63) is 22.2 Å². The molecule has 1 N–H and O–H groups in total. The summed E-state index contributed by atoms with van der Waals surface area (Å²) in [6, 6.07) is 3.40. The molecular formula is C8H9BrO2. The Morgan fingerprint density at radius 1 is 1.45 bits per heavy atom. The van der Waals surface area contributed by atoms with Crippen LogP contribution < -0.4 is 4.74 Å². The van der Waals surface area contributed by atoms with Gasteiger partial charge in [0.1, 0.15) is 11.5 Å². The maximum Gasteiger partial charge on any atom is 0.133 e. The molecule has 0 saturated carbocycles. The lowest BCUT2D eigenvalue weighted by Gasteiger charge is -2.05. The molecule has 0 aliphatic carbocycles. The van der Waals surface area contributed by atoms with Crippen LogP contribution in [0.25, 0.3) is 0 Å². The van der Waals surface area contributed by atoms with Crippen molar-refractivity contribution in [3.63, 3.8) is 0 Å². The van der Waals surface area contributed by atoms with Gasteiger partial charge in [0.05, 0.1) is 11.6 Å². The molecule has 1 aromatic carbocycles. The topological polar surface area (TPSA) is 29.5 Å². The first-order valence-corrected chi connectivity index (χ1v) is 3.97. The van der Waals surface area contributed by atoms with E-state index in [0.29, 0.717) is 0 Å². The number of phenols is 1. The summed E-state index contributed by atoms with van der Waals surface area (Å²) >= 11 is 3.26. The Labute approximate surface area is 73.9 Å². The van der Waals surface area contributed by atoms with E-state index in [1.165, 1.54) is 0 Å². The van der Waals surface area contributed by atoms with E-state index in [4.69, 9.17) is 4.74 Å². The highest BCUT2D eigenvalue weighted by atomic mass is 79.9. The van der Waals surface area contributed by atoms with Crippen molar-refractivity contribution in [1.82, 2.24) is 0 Å². The first kappa shape index (κ1) is 8.40. The second kappa shape index (κ2) is 3.13. The van der Waals surface area contributed by atoms with Crippen LogP contribution in [0, 0.1) is 6.92 Å². The number of phenolic OH excluding ortho intramolecular Hbond substituents is 1. The predicted molar refractivity (Wildman–Crippen MR) is 47.1 cm³/mol. The Morgan fingerprint density at radius 3 is 2.64 bits per heavy atom. The van der Waals surface area contributed by atoms with Gasteiger partial charge in [-0.2, -0.15) is 0 Å². The van der Waals surface area contributed by atoms with Gasteiger partial charge >= 0.3 is 0 Å². The van der Waals surface area contributed by atoms with E-state index in [0.717, 1.165) is 15.8 Å². The van der Waals surface area contributed by atoms with Gasteiger partial charge in [-0.25, -0.2) is 0 Å². The van der Waals surface area contributed by atoms with E-state index >= 15 is 0 Å². The van der Waals surface area contributed by atoms with Crippen LogP contribution in [0.1, 0.15) is 5.56 Å². The molecule has 0 atom stereocenters. The summed E-state index contributed by atoms with van der Waals surface area (Å²) in [5, 5.41) is 9.23. The van der Waals surface area contributed by atoms with Crippen molar-refractivity contribution >= 4 is 15.9 Å². The number of ether oxygens (including phenoxy) is 1. The number of aryl methyl sites for hydroxylation is 1. The number of halogens is 1. The third-order valence-electron chi connectivity index (χ3n) is 1.47. The molecule has 0 fully saturated rings. The van der Waals surface area contributed by atoms with E-state index in [9.17, 15) is 5.11 Å². The average Bonchev–Trinajstić information content (AvgIpc) is 1.97. The summed E-state index contributed by atoms with van der Waals surface area (Å²) in [6.07, 6.45) is 0. The smallest absolute Gasteiger partial charge is 0.133 e. The number of rotatable bonds is 1. The Bertz CT molecular complexity index is 271. The summed E-state index contributed by atoms with van der Waals surface area (Å²) in [7, 11) is 1.59. The zero-order chi connectivity index (χ0) is 8.43. The number of aromatic hydroxyl groups is 1. The summed E-state index contributed by atoms with van der Waals surface area (Å²) < 4.78 is 5.79. The predicted octanol–water partition coefficient (Wildman–Crippen LogP) is 2.47. The van der Waals surface area contributed by atoms with E-state index in [1.54, 1.807) is 19.2 Å². The summed E-state index contributed by atoms with van der Waals surface area (Å²) in [5.41, 5.74) is 0.810. The van der Waals surface area contributed by atoms with Gasteiger partial charge in [-0.3, -0.25) is 0 Å². The Balaban J connectivity index is 3.21. The molecule has 3 heteroatoms. The average molecular weight is 217 g/mol. The van der Waals surface area contributed by atoms with Crippen LogP contribution in [0.2, 0.25) is 0 Å². The molecule has 1 rings (SSSR count). The Kier molecular flexibility index (Phi) is 2.39. The van der Waals surface area contributed by atoms with E-state index in [2.05, 4.69) is 15.9 Å². The van der Waals surface area contributed by atoms with Crippen LogP contribution in [0.4, 0.5) is 0 Å². The molecule has 0 aliphatic heterocycles. The van der Waals surface area contributed by atoms with Crippen molar-refractivity contribution < 1.29 is 9.84 Å². The quantitative estimate of drug-likeness (QED) is 0.782. The molecule has 0 aromatic heterocycles. The van der Waals surface area contributed by atoms with Crippen molar-refractivity contribution in [2.45, 2.75) is 6.92 Å². The Morgan fingerprint density at radius 2 is 2.09 bits per heavy atom. The molecule has 0 amide bonds. The van der Waals surface area contributed by atoms with Crippen LogP contribution in [0.15, 0.2) is 16.6 Å². The monoisotopic (exact) mass is 216 g/mol. The summed E-state index contributed by atoms with van der Waals surface area (Å²) in [4.78, 5) is 0. The standard InChI is InChI=1S/C8H9BrO2/c1-5-3-8(11-2)6(9)4-7(5)10/h3-4,10H,1-2H3. The van der Waals surface area contributed by atoms with Gasteiger partial charge in [-0.15, -0.1) is 0 Å². The minimum Gasteiger partial charge on any atom is -0.508 e. The fourth-order valence-electron chi connectivity index (χ4n) is 0.801. The van der Waals surface area contributed by atoms with Crippen molar-refractivity contribution in [2.75, 3.05) is 7.11 Å². The van der Waals surface area contributed by atoms with Gasteiger partial charge in [0.15, 0.2) is 0 Å². The van der Waals surface area contributed by atoms with Crippen LogP contribution in [0.5, 0.6) is 11.5 Å². The number of hydrogen-bond acceptors (Lipinski definition) is 2. The first-order chi connectivity index (χ1) is 5.15. The molecular weight excluding hydrogens is 208 g/mol. The fourth-order valence-corrected chi connectivity index (χ4v) is 1.29. The maximum absolute atomic E-state index is 9.23. The van der Waals surface area contributed by atoms with Gasteiger partial charge in [0.2, 0.25) is 0 Å². The molecule has 0 heterocycles. The minimum atomic E-state index is 0.276. The molecule has 2 nitrogen and oxygen atoms in total. The molecule has 0 aliphatic rings. The summed E-state index contributed by atoms with van der Waals surface area (Å²) in [6.45, 7) is 1.82. The van der Waals surface area contributed by atoms with Crippen molar-refractivity contribution in [1.29, 1.82) is 0 Å². The van der Waals surface area contributed by atoms with E-state index in [1.807, 2.05) is 6.92 Å². The lowest BCUT2D eigenvalue weighted by Crippen LogP contribution is -1.85. The lowest BCUT2D eigenvalue weighted by molar-refractivity contribution is 0.408. The van der Waals surface area contributed by atoms with Crippen LogP contribution in [-0.4, -0.2) is 12.2 Å². The van der Waals surface area contributed by atoms with Gasteiger partial charge in [0, 0.05) is 0 Å². The number of benzene rings is 1. The maximum atomic E-state index is 9.23. The van der Waals surface area contributed by atoms with E-state index in [-0.39, 0.29) is 5.75 Å². The second-order valence-electron chi connectivity index (χ2n) is 2.27. The molecule has 11 heavy (non-hydrogen) atoms. The third-order valence-corrected chi connectivity index (χ3v) is 2.09. The molecule has 0 radical (unpaired) electrons. The minimum absolute atomic E-state index is 0.276. The zero-order valence-electron chi connectivity index (χ0n) is 6.39. The molecule has 0 bridgehead atoms. The second-order valence-corrected chi connectivity index (χ2v) is 3.13. The van der Waals surface area contributed by atoms with Crippen molar-refractivity contribution in [2.24, 2.45) is 0 Å². The Hall–Kier alpha value is -0.700. The lowest BCUT2D eigenvalue weighted by atomic mass is 10.2. The van der Waals surface area contributed by atoms with Gasteiger partial charge in [0.25, 0.3) is 0 Å². The van der Waals surface area contributed by atoms with E-state index < -0.39 is 0 Å². The largest absolute Gasteiger partial charge is 0.508 e. The SMILES string of the molecule is COc1cc(C)c(O)cc1Br. The molecule has 1 aromatic rings. The van der Waals surface area contributed by atoms with Crippen LogP contribution in [-0.2, 0) is 0 Å². The highest BCUT2D eigenvalue weighted by Crippen LogP contribution is 2.31. The normalized spacial score (nSPS) is 9.73. The van der Waals surface area contributed by atoms with Gasteiger partial charge in [-0.1, -0.05) is 0 Å². The fraction of sp³-hybridized carbons (Fsp3) is 0.250. The molecule has 0 spiro atoms. The van der Waals surface area contributed by atoms with Crippen LogP contribution in [0.3, 0.4) is 0 Å². The molecule has 60 valence electrons. The van der Waals surface area contributed by atoms with Gasteiger partial charge in [-0.05, 0) is 40.5 Å². The number of methoxy groups -OCH3 is 1. The van der Waals surface area contributed by atoms with Crippen molar-refractivity contribution in [3.8, 4) is 11.5 Å². The van der Waals surface area contributed by atoms with Gasteiger partial charge < -0.3 is 9.84 Å². The molecule has 0 unspecified atom stereocenters. The highest BCUT2D eigenvalue weighted by molar-refractivity contribution is 9.10. The zero-order valence-corrected chi connectivity index (χ0v) is 7.97.